The van der Waals surface area contributed by atoms with Gasteiger partial charge in [-0.3, -0.25) is 4.79 Å². The van der Waals surface area contributed by atoms with Gasteiger partial charge in [0.25, 0.3) is 0 Å². The summed E-state index contributed by atoms with van der Waals surface area (Å²) in [6.07, 6.45) is 0.0665. The van der Waals surface area contributed by atoms with E-state index in [2.05, 4.69) is 5.32 Å². The minimum Gasteiger partial charge on any atom is -0.444 e. The quantitative estimate of drug-likeness (QED) is 0.836. The Morgan fingerprint density at radius 2 is 1.74 bits per heavy atom. The van der Waals surface area contributed by atoms with E-state index in [0.29, 0.717) is 18.9 Å². The number of carbonyl (C=O) groups excluding carboxylic acids is 2. The van der Waals surface area contributed by atoms with E-state index < -0.39 is 11.7 Å². The topological polar surface area (TPSA) is 58.6 Å². The van der Waals surface area contributed by atoms with Gasteiger partial charge in [-0.1, -0.05) is 13.8 Å². The summed E-state index contributed by atoms with van der Waals surface area (Å²) in [5.74, 6) is 0.425. The van der Waals surface area contributed by atoms with E-state index in [4.69, 9.17) is 4.74 Å². The lowest BCUT2D eigenvalue weighted by molar-refractivity contribution is -0.132. The van der Waals surface area contributed by atoms with Gasteiger partial charge in [0, 0.05) is 26.1 Å². The summed E-state index contributed by atoms with van der Waals surface area (Å²) >= 11 is 0. The van der Waals surface area contributed by atoms with Crippen molar-refractivity contribution in [3.8, 4) is 0 Å². The van der Waals surface area contributed by atoms with Crippen LogP contribution in [0.5, 0.6) is 0 Å². The molecular weight excluding hydrogens is 244 g/mol. The number of rotatable bonds is 5. The summed E-state index contributed by atoms with van der Waals surface area (Å²) in [6, 6.07) is -0.0567. The van der Waals surface area contributed by atoms with E-state index in [1.807, 2.05) is 41.5 Å². The van der Waals surface area contributed by atoms with Crippen LogP contribution in [0.1, 0.15) is 48.0 Å². The second-order valence-electron chi connectivity index (χ2n) is 6.33. The Hall–Kier alpha value is -1.26. The number of carbonyl (C=O) groups is 2. The standard InChI is InChI=1S/C14H28N2O3/c1-10(2)8-12(17)16(7)11(3)9-15-13(18)19-14(4,5)6/h10-11H,8-9H2,1-7H3,(H,15,18)/t11-/m1/s1. The average Bonchev–Trinajstić information content (AvgIpc) is 2.21. The maximum absolute atomic E-state index is 11.9. The third kappa shape index (κ3) is 8.46. The second-order valence-corrected chi connectivity index (χ2v) is 6.33. The van der Waals surface area contributed by atoms with Crippen molar-refractivity contribution < 1.29 is 14.3 Å². The summed E-state index contributed by atoms with van der Waals surface area (Å²) < 4.78 is 5.14. The normalized spacial score (nSPS) is 13.1. The molecule has 0 fully saturated rings. The number of amides is 2. The molecule has 0 saturated heterocycles. The van der Waals surface area contributed by atoms with Gasteiger partial charge in [0.1, 0.15) is 5.60 Å². The number of nitrogens with zero attached hydrogens (tertiary/aromatic N) is 1. The Morgan fingerprint density at radius 1 is 1.21 bits per heavy atom. The van der Waals surface area contributed by atoms with Crippen LogP contribution < -0.4 is 5.32 Å². The number of likely N-dealkylation sites (N-methyl/N-ethyl adjacent to an activating group) is 1. The zero-order valence-corrected chi connectivity index (χ0v) is 13.2. The van der Waals surface area contributed by atoms with Crippen LogP contribution in [0.2, 0.25) is 0 Å². The fourth-order valence-corrected chi connectivity index (χ4v) is 1.42. The first-order chi connectivity index (χ1) is 8.53. The van der Waals surface area contributed by atoms with Crippen molar-refractivity contribution in [2.24, 2.45) is 5.92 Å². The van der Waals surface area contributed by atoms with Crippen LogP contribution in [-0.2, 0) is 9.53 Å². The number of hydrogen-bond acceptors (Lipinski definition) is 3. The average molecular weight is 272 g/mol. The SMILES string of the molecule is CC(C)CC(=O)N(C)[C@H](C)CNC(=O)OC(C)(C)C. The smallest absolute Gasteiger partial charge is 0.407 e. The van der Waals surface area contributed by atoms with Crippen molar-refractivity contribution in [1.82, 2.24) is 10.2 Å². The number of hydrogen-bond donors (Lipinski definition) is 1. The second kappa shape index (κ2) is 7.36. The van der Waals surface area contributed by atoms with Crippen molar-refractivity contribution in [3.63, 3.8) is 0 Å². The highest BCUT2D eigenvalue weighted by Gasteiger charge is 2.19. The van der Waals surface area contributed by atoms with Crippen molar-refractivity contribution >= 4 is 12.0 Å². The molecule has 19 heavy (non-hydrogen) atoms. The van der Waals surface area contributed by atoms with Crippen LogP contribution in [0.15, 0.2) is 0 Å². The molecule has 0 bridgehead atoms. The summed E-state index contributed by atoms with van der Waals surface area (Å²) in [5, 5.41) is 2.67. The summed E-state index contributed by atoms with van der Waals surface area (Å²) in [5.41, 5.74) is -0.507. The third-order valence-electron chi connectivity index (χ3n) is 2.58. The highest BCUT2D eigenvalue weighted by molar-refractivity contribution is 5.76. The molecule has 0 aromatic carbocycles. The molecule has 0 saturated carbocycles. The molecule has 0 aliphatic carbocycles. The van der Waals surface area contributed by atoms with E-state index >= 15 is 0 Å². The largest absolute Gasteiger partial charge is 0.444 e. The van der Waals surface area contributed by atoms with Gasteiger partial charge in [-0.05, 0) is 33.6 Å². The lowest BCUT2D eigenvalue weighted by atomic mass is 10.1. The van der Waals surface area contributed by atoms with Crippen molar-refractivity contribution in [3.05, 3.63) is 0 Å². The zero-order valence-electron chi connectivity index (χ0n) is 13.2. The van der Waals surface area contributed by atoms with E-state index in [1.165, 1.54) is 0 Å². The van der Waals surface area contributed by atoms with Crippen LogP contribution >= 0.6 is 0 Å². The highest BCUT2D eigenvalue weighted by Crippen LogP contribution is 2.07. The van der Waals surface area contributed by atoms with Gasteiger partial charge >= 0.3 is 6.09 Å². The zero-order chi connectivity index (χ0) is 15.2. The van der Waals surface area contributed by atoms with E-state index in [0.717, 1.165) is 0 Å². The summed E-state index contributed by atoms with van der Waals surface area (Å²) in [6.45, 7) is 11.7. The van der Waals surface area contributed by atoms with E-state index in [-0.39, 0.29) is 11.9 Å². The first-order valence-electron chi connectivity index (χ1n) is 6.75. The molecule has 0 radical (unpaired) electrons. The number of ether oxygens (including phenoxy) is 1. The molecule has 0 spiro atoms. The first kappa shape index (κ1) is 17.7. The number of alkyl carbamates (subject to hydrolysis) is 1. The Labute approximate surface area is 116 Å². The maximum Gasteiger partial charge on any atom is 0.407 e. The van der Waals surface area contributed by atoms with Crippen LogP contribution in [0.25, 0.3) is 0 Å². The Kier molecular flexibility index (Phi) is 6.87. The third-order valence-corrected chi connectivity index (χ3v) is 2.58. The molecule has 5 heteroatoms. The van der Waals surface area contributed by atoms with Gasteiger partial charge < -0.3 is 15.0 Å². The molecule has 2 amide bonds. The molecule has 5 nitrogen and oxygen atoms in total. The van der Waals surface area contributed by atoms with Crippen LogP contribution in [0.4, 0.5) is 4.79 Å². The molecule has 0 rings (SSSR count). The van der Waals surface area contributed by atoms with Crippen molar-refractivity contribution in [2.75, 3.05) is 13.6 Å². The van der Waals surface area contributed by atoms with Crippen LogP contribution in [0, 0.1) is 5.92 Å². The summed E-state index contributed by atoms with van der Waals surface area (Å²) in [4.78, 5) is 25.0. The van der Waals surface area contributed by atoms with Gasteiger partial charge in [-0.25, -0.2) is 4.79 Å². The van der Waals surface area contributed by atoms with Gasteiger partial charge in [0.2, 0.25) is 5.91 Å². The van der Waals surface area contributed by atoms with E-state index in [1.54, 1.807) is 11.9 Å². The summed E-state index contributed by atoms with van der Waals surface area (Å²) in [7, 11) is 1.76. The lowest BCUT2D eigenvalue weighted by Gasteiger charge is -2.27. The van der Waals surface area contributed by atoms with Crippen molar-refractivity contribution in [1.29, 1.82) is 0 Å². The molecule has 1 atom stereocenters. The predicted molar refractivity (Wildman–Crippen MR) is 75.9 cm³/mol. The molecule has 0 aliphatic rings. The fourth-order valence-electron chi connectivity index (χ4n) is 1.42. The first-order valence-corrected chi connectivity index (χ1v) is 6.75. The molecule has 0 aromatic rings. The molecule has 0 unspecified atom stereocenters. The maximum atomic E-state index is 11.9. The Balaban J connectivity index is 4.13. The lowest BCUT2D eigenvalue weighted by Crippen LogP contribution is -2.44. The molecular formula is C14H28N2O3. The molecule has 0 heterocycles. The van der Waals surface area contributed by atoms with Crippen LogP contribution in [0.3, 0.4) is 0 Å². The molecule has 0 aromatic heterocycles. The molecule has 0 aliphatic heterocycles. The van der Waals surface area contributed by atoms with Gasteiger partial charge in [-0.2, -0.15) is 0 Å². The highest BCUT2D eigenvalue weighted by atomic mass is 16.6. The minimum atomic E-state index is -0.507. The molecule has 112 valence electrons. The fraction of sp³-hybridized carbons (Fsp3) is 0.857. The van der Waals surface area contributed by atoms with Gasteiger partial charge in [-0.15, -0.1) is 0 Å². The van der Waals surface area contributed by atoms with Gasteiger partial charge in [0.05, 0.1) is 0 Å². The molecule has 1 N–H and O–H groups in total. The van der Waals surface area contributed by atoms with Gasteiger partial charge in [0.15, 0.2) is 0 Å². The Morgan fingerprint density at radius 3 is 2.16 bits per heavy atom. The van der Waals surface area contributed by atoms with E-state index in [9.17, 15) is 9.59 Å². The van der Waals surface area contributed by atoms with Crippen molar-refractivity contribution in [2.45, 2.75) is 59.6 Å². The Bertz CT molecular complexity index is 308. The van der Waals surface area contributed by atoms with Crippen LogP contribution in [-0.4, -0.2) is 42.1 Å². The number of nitrogens with one attached hydrogen (secondary N) is 1. The minimum absolute atomic E-state index is 0.0567. The predicted octanol–water partition coefficient (Wildman–Crippen LogP) is 2.40. The monoisotopic (exact) mass is 272 g/mol.